The second-order valence-corrected chi connectivity index (χ2v) is 7.46. The van der Waals surface area contributed by atoms with E-state index in [-0.39, 0.29) is 5.91 Å². The molecule has 4 rings (SSSR count). The van der Waals surface area contributed by atoms with E-state index in [9.17, 15) is 4.79 Å². The topological polar surface area (TPSA) is 48.9 Å². The van der Waals surface area contributed by atoms with Crippen molar-refractivity contribution in [3.63, 3.8) is 0 Å². The van der Waals surface area contributed by atoms with Gasteiger partial charge in [0.2, 0.25) is 0 Å². The number of carbonyl (C=O) groups excluding carboxylic acids is 1. The molecule has 148 valence electrons. The summed E-state index contributed by atoms with van der Waals surface area (Å²) in [5.41, 5.74) is 2.94. The molecule has 6 heteroatoms. The van der Waals surface area contributed by atoms with E-state index in [1.807, 2.05) is 29.3 Å². The summed E-state index contributed by atoms with van der Waals surface area (Å²) in [6, 6.07) is 10.1. The number of nitrogens with zero attached hydrogens (tertiary/aromatic N) is 4. The van der Waals surface area contributed by atoms with Crippen LogP contribution in [0.5, 0.6) is 5.75 Å². The molecule has 1 amide bonds. The quantitative estimate of drug-likeness (QED) is 0.816. The van der Waals surface area contributed by atoms with Crippen molar-refractivity contribution in [2.24, 2.45) is 0 Å². The molecule has 28 heavy (non-hydrogen) atoms. The monoisotopic (exact) mass is 380 g/mol. The Bertz CT molecular complexity index is 794. The molecule has 0 unspecified atom stereocenters. The summed E-state index contributed by atoms with van der Waals surface area (Å²) in [6.45, 7) is 5.21. The summed E-state index contributed by atoms with van der Waals surface area (Å²) in [6.07, 6.45) is 7.30. The van der Waals surface area contributed by atoms with Crippen LogP contribution >= 0.6 is 0 Å². The van der Waals surface area contributed by atoms with Gasteiger partial charge in [-0.3, -0.25) is 9.78 Å². The molecule has 2 saturated heterocycles. The number of pyridine rings is 1. The van der Waals surface area contributed by atoms with Crippen LogP contribution in [-0.4, -0.2) is 62.2 Å². The molecule has 0 saturated carbocycles. The third-order valence-electron chi connectivity index (χ3n) is 5.70. The van der Waals surface area contributed by atoms with Gasteiger partial charge in [0.05, 0.1) is 24.6 Å². The Kier molecular flexibility index (Phi) is 5.65. The lowest BCUT2D eigenvalue weighted by Crippen LogP contribution is -2.48. The first-order valence-electron chi connectivity index (χ1n) is 10.1. The Hall–Kier alpha value is -2.76. The molecule has 1 aromatic heterocycles. The lowest BCUT2D eigenvalue weighted by atomic mass is 10.1. The molecule has 0 bridgehead atoms. The molecule has 2 aliphatic heterocycles. The fraction of sp³-hybridized carbons (Fsp3) is 0.455. The molecule has 2 aliphatic rings. The van der Waals surface area contributed by atoms with Crippen molar-refractivity contribution in [1.29, 1.82) is 0 Å². The molecule has 0 aliphatic carbocycles. The average molecular weight is 380 g/mol. The second kappa shape index (κ2) is 8.50. The molecule has 0 N–H and O–H groups in total. The summed E-state index contributed by atoms with van der Waals surface area (Å²) < 4.78 is 5.23. The molecular formula is C22H28N4O2. The normalized spacial score (nSPS) is 17.5. The molecule has 3 heterocycles. The number of carbonyl (C=O) groups is 1. The molecule has 2 aromatic rings. The van der Waals surface area contributed by atoms with Crippen molar-refractivity contribution in [3.05, 3.63) is 48.3 Å². The molecule has 0 spiro atoms. The Morgan fingerprint density at radius 1 is 0.857 bits per heavy atom. The van der Waals surface area contributed by atoms with Crippen LogP contribution < -0.4 is 14.5 Å². The number of piperazine rings is 1. The Balaban J connectivity index is 1.38. The molecule has 0 radical (unpaired) electrons. The number of rotatable bonds is 4. The van der Waals surface area contributed by atoms with Gasteiger partial charge in [0, 0.05) is 51.2 Å². The second-order valence-electron chi connectivity index (χ2n) is 7.46. The number of ether oxygens (including phenoxy) is 1. The van der Waals surface area contributed by atoms with Gasteiger partial charge in [-0.25, -0.2) is 0 Å². The van der Waals surface area contributed by atoms with Gasteiger partial charge in [0.25, 0.3) is 5.91 Å². The Morgan fingerprint density at radius 2 is 1.54 bits per heavy atom. The van der Waals surface area contributed by atoms with Gasteiger partial charge in [-0.15, -0.1) is 0 Å². The summed E-state index contributed by atoms with van der Waals surface area (Å²) in [7, 11) is 1.68. The number of methoxy groups -OCH3 is 1. The highest BCUT2D eigenvalue weighted by Crippen LogP contribution is 2.23. The summed E-state index contributed by atoms with van der Waals surface area (Å²) in [5.74, 6) is 0.944. The van der Waals surface area contributed by atoms with Crippen LogP contribution in [0.2, 0.25) is 0 Å². The summed E-state index contributed by atoms with van der Waals surface area (Å²) >= 11 is 0. The van der Waals surface area contributed by atoms with Crippen LogP contribution in [0.25, 0.3) is 0 Å². The van der Waals surface area contributed by atoms with Crippen molar-refractivity contribution in [1.82, 2.24) is 9.88 Å². The summed E-state index contributed by atoms with van der Waals surface area (Å²) in [4.78, 5) is 23.9. The highest BCUT2D eigenvalue weighted by Gasteiger charge is 2.23. The fourth-order valence-corrected chi connectivity index (χ4v) is 4.01. The van der Waals surface area contributed by atoms with Crippen LogP contribution in [-0.2, 0) is 0 Å². The zero-order chi connectivity index (χ0) is 19.3. The maximum absolute atomic E-state index is 13.0. The number of anilines is 2. The third kappa shape index (κ3) is 4.06. The predicted octanol–water partition coefficient (Wildman–Crippen LogP) is 3.04. The van der Waals surface area contributed by atoms with Crippen LogP contribution in [0.15, 0.2) is 42.7 Å². The first kappa shape index (κ1) is 18.6. The molecular weight excluding hydrogens is 352 g/mol. The highest BCUT2D eigenvalue weighted by atomic mass is 16.5. The predicted molar refractivity (Wildman–Crippen MR) is 111 cm³/mol. The van der Waals surface area contributed by atoms with Crippen LogP contribution in [0, 0.1) is 0 Å². The number of benzene rings is 1. The van der Waals surface area contributed by atoms with Gasteiger partial charge in [0.1, 0.15) is 5.75 Å². The molecule has 2 fully saturated rings. The van der Waals surface area contributed by atoms with Gasteiger partial charge < -0.3 is 19.4 Å². The number of amides is 1. The van der Waals surface area contributed by atoms with E-state index in [0.717, 1.165) is 50.7 Å². The van der Waals surface area contributed by atoms with Crippen molar-refractivity contribution in [2.45, 2.75) is 19.3 Å². The minimum absolute atomic E-state index is 0.0840. The average Bonchev–Trinajstić information content (AvgIpc) is 2.79. The van der Waals surface area contributed by atoms with E-state index in [4.69, 9.17) is 4.74 Å². The summed E-state index contributed by atoms with van der Waals surface area (Å²) in [5, 5.41) is 0. The third-order valence-corrected chi connectivity index (χ3v) is 5.70. The van der Waals surface area contributed by atoms with Crippen LogP contribution in [0.1, 0.15) is 29.6 Å². The maximum Gasteiger partial charge on any atom is 0.255 e. The fourth-order valence-electron chi connectivity index (χ4n) is 4.01. The zero-order valence-electron chi connectivity index (χ0n) is 16.5. The van der Waals surface area contributed by atoms with Gasteiger partial charge in [-0.05, 0) is 49.6 Å². The molecule has 1 aromatic carbocycles. The van der Waals surface area contributed by atoms with E-state index < -0.39 is 0 Å². The van der Waals surface area contributed by atoms with E-state index in [0.29, 0.717) is 5.56 Å². The number of hydrogen-bond acceptors (Lipinski definition) is 5. The van der Waals surface area contributed by atoms with Gasteiger partial charge >= 0.3 is 0 Å². The minimum Gasteiger partial charge on any atom is -0.497 e. The van der Waals surface area contributed by atoms with Gasteiger partial charge in [-0.2, -0.15) is 0 Å². The van der Waals surface area contributed by atoms with Gasteiger partial charge in [-0.1, -0.05) is 0 Å². The van der Waals surface area contributed by atoms with Gasteiger partial charge in [0.15, 0.2) is 0 Å². The van der Waals surface area contributed by atoms with E-state index in [1.54, 1.807) is 13.3 Å². The lowest BCUT2D eigenvalue weighted by molar-refractivity contribution is 0.0746. The largest absolute Gasteiger partial charge is 0.497 e. The van der Waals surface area contributed by atoms with E-state index in [2.05, 4.69) is 26.9 Å². The van der Waals surface area contributed by atoms with Crippen LogP contribution in [0.4, 0.5) is 11.4 Å². The number of piperidine rings is 1. The smallest absolute Gasteiger partial charge is 0.255 e. The Labute approximate surface area is 166 Å². The van der Waals surface area contributed by atoms with Crippen molar-refractivity contribution in [2.75, 3.05) is 56.2 Å². The maximum atomic E-state index is 13.0. The van der Waals surface area contributed by atoms with Crippen molar-refractivity contribution < 1.29 is 9.53 Å². The van der Waals surface area contributed by atoms with E-state index >= 15 is 0 Å². The van der Waals surface area contributed by atoms with E-state index in [1.165, 1.54) is 24.9 Å². The molecule has 6 nitrogen and oxygen atoms in total. The van der Waals surface area contributed by atoms with Crippen molar-refractivity contribution >= 4 is 17.3 Å². The number of aromatic nitrogens is 1. The number of hydrogen-bond donors (Lipinski definition) is 0. The molecule has 0 atom stereocenters. The first-order valence-corrected chi connectivity index (χ1v) is 10.1. The minimum atomic E-state index is 0.0840. The Morgan fingerprint density at radius 3 is 2.21 bits per heavy atom. The van der Waals surface area contributed by atoms with Crippen LogP contribution in [0.3, 0.4) is 0 Å². The lowest BCUT2D eigenvalue weighted by Gasteiger charge is -2.36. The SMILES string of the molecule is COc1ccc(N2CCN(C(=O)c3cncc(N4CCCCC4)c3)CC2)cc1. The zero-order valence-corrected chi connectivity index (χ0v) is 16.5. The standard InChI is InChI=1S/C22H28N4O2/c1-28-21-7-5-19(6-8-21)25-11-13-26(14-12-25)22(27)18-15-20(17-23-16-18)24-9-3-2-4-10-24/h5-8,15-17H,2-4,9-14H2,1H3. The first-order chi connectivity index (χ1) is 13.7. The van der Waals surface area contributed by atoms with Crippen molar-refractivity contribution in [3.8, 4) is 5.75 Å². The highest BCUT2D eigenvalue weighted by molar-refractivity contribution is 5.95.